The van der Waals surface area contributed by atoms with Crippen molar-refractivity contribution in [3.63, 3.8) is 0 Å². The monoisotopic (exact) mass is 281 g/mol. The number of rotatable bonds is 3. The highest BCUT2D eigenvalue weighted by molar-refractivity contribution is 6.33. The van der Waals surface area contributed by atoms with Gasteiger partial charge in [-0.05, 0) is 50.3 Å². The van der Waals surface area contributed by atoms with Crippen LogP contribution >= 0.6 is 11.6 Å². The first kappa shape index (κ1) is 14.4. The van der Waals surface area contributed by atoms with Gasteiger partial charge >= 0.3 is 0 Å². The Hall–Kier alpha value is -1.06. The Balaban J connectivity index is 2.21. The molecule has 0 aromatic heterocycles. The van der Waals surface area contributed by atoms with Crippen LogP contribution in [0.1, 0.15) is 41.6 Å². The number of aryl methyl sites for hydroxylation is 1. The van der Waals surface area contributed by atoms with Gasteiger partial charge in [0.2, 0.25) is 0 Å². The molecule has 19 heavy (non-hydrogen) atoms. The van der Waals surface area contributed by atoms with Crippen LogP contribution in [-0.4, -0.2) is 35.1 Å². The Morgan fingerprint density at radius 3 is 2.95 bits per heavy atom. The number of amides is 1. The van der Waals surface area contributed by atoms with E-state index in [1.165, 1.54) is 0 Å². The van der Waals surface area contributed by atoms with Crippen LogP contribution in [0.25, 0.3) is 0 Å². The summed E-state index contributed by atoms with van der Waals surface area (Å²) in [6.45, 7) is 2.83. The third-order valence-electron chi connectivity index (χ3n) is 3.71. The van der Waals surface area contributed by atoms with Crippen LogP contribution in [0.4, 0.5) is 0 Å². The summed E-state index contributed by atoms with van der Waals surface area (Å²) < 4.78 is 0. The molecule has 1 fully saturated rings. The molecule has 1 aromatic carbocycles. The molecule has 1 N–H and O–H groups in total. The number of piperidine rings is 1. The summed E-state index contributed by atoms with van der Waals surface area (Å²) in [7, 11) is 0. The van der Waals surface area contributed by atoms with Crippen LogP contribution in [-0.2, 0) is 0 Å². The summed E-state index contributed by atoms with van der Waals surface area (Å²) in [6, 6.07) is 5.66. The van der Waals surface area contributed by atoms with Gasteiger partial charge in [0, 0.05) is 19.2 Å². The van der Waals surface area contributed by atoms with Gasteiger partial charge in [-0.3, -0.25) is 4.79 Å². The zero-order valence-corrected chi connectivity index (χ0v) is 12.0. The van der Waals surface area contributed by atoms with Crippen LogP contribution < -0.4 is 0 Å². The number of hydrogen-bond acceptors (Lipinski definition) is 2. The lowest BCUT2D eigenvalue weighted by Gasteiger charge is -2.35. The zero-order chi connectivity index (χ0) is 13.8. The average Bonchev–Trinajstić information content (AvgIpc) is 2.39. The van der Waals surface area contributed by atoms with Gasteiger partial charge in [0.05, 0.1) is 10.6 Å². The molecular formula is C15H20ClNO2. The summed E-state index contributed by atoms with van der Waals surface area (Å²) in [4.78, 5) is 14.4. The van der Waals surface area contributed by atoms with E-state index in [1.807, 2.05) is 24.0 Å². The molecule has 3 nitrogen and oxygen atoms in total. The van der Waals surface area contributed by atoms with E-state index in [0.717, 1.165) is 31.4 Å². The van der Waals surface area contributed by atoms with E-state index < -0.39 is 0 Å². The van der Waals surface area contributed by atoms with Gasteiger partial charge in [0.15, 0.2) is 0 Å². The molecule has 1 heterocycles. The minimum Gasteiger partial charge on any atom is -0.396 e. The fourth-order valence-electron chi connectivity index (χ4n) is 2.67. The molecule has 0 bridgehead atoms. The third kappa shape index (κ3) is 3.28. The maximum Gasteiger partial charge on any atom is 0.255 e. The highest BCUT2D eigenvalue weighted by atomic mass is 35.5. The predicted octanol–water partition coefficient (Wildman–Crippen LogP) is 3.03. The second kappa shape index (κ2) is 6.40. The Morgan fingerprint density at radius 1 is 1.47 bits per heavy atom. The lowest BCUT2D eigenvalue weighted by molar-refractivity contribution is 0.0575. The van der Waals surface area contributed by atoms with Gasteiger partial charge < -0.3 is 10.0 Å². The molecule has 104 valence electrons. The van der Waals surface area contributed by atoms with Crippen LogP contribution in [0, 0.1) is 6.92 Å². The standard InChI is InChI=1S/C15H20ClNO2/c1-11-5-6-13(14(16)10-11)15(19)17-8-3-2-4-12(17)7-9-18/h5-6,10,12,18H,2-4,7-9H2,1H3. The average molecular weight is 282 g/mol. The Kier molecular flexibility index (Phi) is 4.83. The number of benzene rings is 1. The van der Waals surface area contributed by atoms with Gasteiger partial charge in [0.1, 0.15) is 0 Å². The maximum atomic E-state index is 12.6. The second-order valence-corrected chi connectivity index (χ2v) is 5.55. The Morgan fingerprint density at radius 2 is 2.26 bits per heavy atom. The number of likely N-dealkylation sites (tertiary alicyclic amines) is 1. The third-order valence-corrected chi connectivity index (χ3v) is 4.02. The molecule has 1 aliphatic heterocycles. The molecule has 1 unspecified atom stereocenters. The van der Waals surface area contributed by atoms with Crippen molar-refractivity contribution in [1.82, 2.24) is 4.90 Å². The van der Waals surface area contributed by atoms with E-state index in [2.05, 4.69) is 0 Å². The largest absolute Gasteiger partial charge is 0.396 e. The van der Waals surface area contributed by atoms with Gasteiger partial charge in [-0.1, -0.05) is 17.7 Å². The molecule has 0 aliphatic carbocycles. The molecule has 1 aromatic rings. The normalized spacial score (nSPS) is 19.5. The topological polar surface area (TPSA) is 40.5 Å². The first-order valence-electron chi connectivity index (χ1n) is 6.81. The van der Waals surface area contributed by atoms with E-state index in [1.54, 1.807) is 6.07 Å². The summed E-state index contributed by atoms with van der Waals surface area (Å²) in [5.74, 6) is -0.0110. The van der Waals surface area contributed by atoms with Crippen molar-refractivity contribution in [1.29, 1.82) is 0 Å². The van der Waals surface area contributed by atoms with Crippen molar-refractivity contribution >= 4 is 17.5 Å². The van der Waals surface area contributed by atoms with Gasteiger partial charge in [-0.2, -0.15) is 0 Å². The Bertz CT molecular complexity index is 459. The van der Waals surface area contributed by atoms with Crippen LogP contribution in [0.15, 0.2) is 18.2 Å². The first-order valence-corrected chi connectivity index (χ1v) is 7.19. The van der Waals surface area contributed by atoms with Gasteiger partial charge in [-0.15, -0.1) is 0 Å². The van der Waals surface area contributed by atoms with Crippen LogP contribution in [0.5, 0.6) is 0 Å². The van der Waals surface area contributed by atoms with E-state index in [0.29, 0.717) is 17.0 Å². The molecule has 2 rings (SSSR count). The quantitative estimate of drug-likeness (QED) is 0.925. The van der Waals surface area contributed by atoms with Crippen LogP contribution in [0.2, 0.25) is 5.02 Å². The fraction of sp³-hybridized carbons (Fsp3) is 0.533. The lowest BCUT2D eigenvalue weighted by Crippen LogP contribution is -2.44. The fourth-order valence-corrected chi connectivity index (χ4v) is 2.98. The number of aliphatic hydroxyl groups excluding tert-OH is 1. The molecule has 0 spiro atoms. The molecular weight excluding hydrogens is 262 g/mol. The molecule has 1 aliphatic rings. The summed E-state index contributed by atoms with van der Waals surface area (Å²) in [5, 5.41) is 9.63. The van der Waals surface area contributed by atoms with E-state index in [9.17, 15) is 4.79 Å². The maximum absolute atomic E-state index is 12.6. The summed E-state index contributed by atoms with van der Waals surface area (Å²) >= 11 is 6.17. The highest BCUT2D eigenvalue weighted by Crippen LogP contribution is 2.25. The highest BCUT2D eigenvalue weighted by Gasteiger charge is 2.27. The SMILES string of the molecule is Cc1ccc(C(=O)N2CCCCC2CCO)c(Cl)c1. The minimum atomic E-state index is -0.0110. The number of hydrogen-bond donors (Lipinski definition) is 1. The molecule has 1 saturated heterocycles. The zero-order valence-electron chi connectivity index (χ0n) is 11.2. The van der Waals surface area contributed by atoms with Crippen molar-refractivity contribution in [2.75, 3.05) is 13.2 Å². The van der Waals surface area contributed by atoms with Crippen LogP contribution in [0.3, 0.4) is 0 Å². The van der Waals surface area contributed by atoms with E-state index in [4.69, 9.17) is 16.7 Å². The van der Waals surface area contributed by atoms with Crippen molar-refractivity contribution < 1.29 is 9.90 Å². The number of carbonyl (C=O) groups excluding carboxylic acids is 1. The van der Waals surface area contributed by atoms with Crippen molar-refractivity contribution in [2.24, 2.45) is 0 Å². The summed E-state index contributed by atoms with van der Waals surface area (Å²) in [6.07, 6.45) is 3.76. The van der Waals surface area contributed by atoms with E-state index in [-0.39, 0.29) is 18.6 Å². The summed E-state index contributed by atoms with van der Waals surface area (Å²) in [5.41, 5.74) is 1.62. The van der Waals surface area contributed by atoms with Gasteiger partial charge in [-0.25, -0.2) is 0 Å². The van der Waals surface area contributed by atoms with Crippen molar-refractivity contribution in [3.8, 4) is 0 Å². The molecule has 1 amide bonds. The minimum absolute atomic E-state index is 0.0110. The van der Waals surface area contributed by atoms with Crippen molar-refractivity contribution in [2.45, 2.75) is 38.6 Å². The second-order valence-electron chi connectivity index (χ2n) is 5.14. The smallest absolute Gasteiger partial charge is 0.255 e. The number of aliphatic hydroxyl groups is 1. The molecule has 4 heteroatoms. The molecule has 1 atom stereocenters. The Labute approximate surface area is 119 Å². The van der Waals surface area contributed by atoms with E-state index >= 15 is 0 Å². The molecule has 0 radical (unpaired) electrons. The van der Waals surface area contributed by atoms with Gasteiger partial charge in [0.25, 0.3) is 5.91 Å². The number of halogens is 1. The lowest BCUT2D eigenvalue weighted by atomic mass is 9.98. The number of nitrogens with zero attached hydrogens (tertiary/aromatic N) is 1. The predicted molar refractivity (Wildman–Crippen MR) is 76.6 cm³/mol. The number of carbonyl (C=O) groups is 1. The van der Waals surface area contributed by atoms with Crippen molar-refractivity contribution in [3.05, 3.63) is 34.3 Å². The first-order chi connectivity index (χ1) is 9.13. The molecule has 0 saturated carbocycles.